The summed E-state index contributed by atoms with van der Waals surface area (Å²) in [5.41, 5.74) is 1.65. The van der Waals surface area contributed by atoms with Crippen molar-refractivity contribution in [2.45, 2.75) is 26.7 Å². The fraction of sp³-hybridized carbons (Fsp3) is 0.263. The predicted molar refractivity (Wildman–Crippen MR) is 87.8 cm³/mol. The smallest absolute Gasteiger partial charge is 0.343 e. The van der Waals surface area contributed by atoms with E-state index in [-0.39, 0.29) is 6.61 Å². The van der Waals surface area contributed by atoms with Crippen LogP contribution in [-0.2, 0) is 11.2 Å². The van der Waals surface area contributed by atoms with Gasteiger partial charge in [-0.05, 0) is 43.2 Å². The molecule has 0 spiro atoms. The fourth-order valence-corrected chi connectivity index (χ4v) is 2.23. The van der Waals surface area contributed by atoms with Crippen LogP contribution in [0.5, 0.6) is 5.75 Å². The summed E-state index contributed by atoms with van der Waals surface area (Å²) in [6, 6.07) is 13.8. The second kappa shape index (κ2) is 8.13. The van der Waals surface area contributed by atoms with E-state index in [9.17, 15) is 9.59 Å². The first kappa shape index (κ1) is 16.7. The molecule has 120 valence electrons. The molecular weight excluding hydrogens is 292 g/mol. The minimum absolute atomic E-state index is 0.290. The van der Waals surface area contributed by atoms with Crippen molar-refractivity contribution in [3.8, 4) is 5.75 Å². The number of hydrogen-bond donors (Lipinski definition) is 0. The first-order chi connectivity index (χ1) is 11.2. The van der Waals surface area contributed by atoms with Gasteiger partial charge < -0.3 is 9.47 Å². The summed E-state index contributed by atoms with van der Waals surface area (Å²) in [4.78, 5) is 24.1. The van der Waals surface area contributed by atoms with Gasteiger partial charge in [-0.25, -0.2) is 9.59 Å². The Kier molecular flexibility index (Phi) is 5.92. The molecule has 0 radical (unpaired) electrons. The minimum atomic E-state index is -0.486. The Labute approximate surface area is 136 Å². The van der Waals surface area contributed by atoms with Crippen molar-refractivity contribution in [1.29, 1.82) is 0 Å². The molecule has 0 saturated carbocycles. The van der Waals surface area contributed by atoms with Gasteiger partial charge in [0.15, 0.2) is 0 Å². The Morgan fingerprint density at radius 1 is 0.913 bits per heavy atom. The summed E-state index contributed by atoms with van der Waals surface area (Å²) >= 11 is 0. The second-order valence-electron chi connectivity index (χ2n) is 5.05. The number of carbonyl (C=O) groups excluding carboxylic acids is 2. The van der Waals surface area contributed by atoms with Gasteiger partial charge in [0.05, 0.1) is 17.7 Å². The van der Waals surface area contributed by atoms with Crippen molar-refractivity contribution in [2.24, 2.45) is 0 Å². The van der Waals surface area contributed by atoms with Crippen LogP contribution >= 0.6 is 0 Å². The van der Waals surface area contributed by atoms with E-state index in [4.69, 9.17) is 9.47 Å². The van der Waals surface area contributed by atoms with Crippen LogP contribution in [0.1, 0.15) is 46.5 Å². The maximum absolute atomic E-state index is 12.3. The van der Waals surface area contributed by atoms with Crippen molar-refractivity contribution < 1.29 is 19.1 Å². The van der Waals surface area contributed by atoms with Crippen LogP contribution < -0.4 is 4.74 Å². The van der Waals surface area contributed by atoms with Gasteiger partial charge in [-0.15, -0.1) is 0 Å². The van der Waals surface area contributed by atoms with Crippen LogP contribution in [-0.4, -0.2) is 18.5 Å². The number of rotatable bonds is 6. The van der Waals surface area contributed by atoms with E-state index in [1.54, 1.807) is 31.2 Å². The van der Waals surface area contributed by atoms with E-state index in [0.717, 1.165) is 18.4 Å². The largest absolute Gasteiger partial charge is 0.462 e. The molecule has 0 N–H and O–H groups in total. The molecule has 23 heavy (non-hydrogen) atoms. The van der Waals surface area contributed by atoms with Crippen LogP contribution in [0.3, 0.4) is 0 Å². The molecule has 0 fully saturated rings. The second-order valence-corrected chi connectivity index (χ2v) is 5.05. The number of benzene rings is 2. The SMILES string of the molecule is CCCc1ccccc1OC(=O)c1cccc(C(=O)OCC)c1. The quantitative estimate of drug-likeness (QED) is 0.597. The normalized spacial score (nSPS) is 10.2. The highest BCUT2D eigenvalue weighted by Crippen LogP contribution is 2.21. The highest BCUT2D eigenvalue weighted by molar-refractivity contribution is 5.96. The molecule has 0 heterocycles. The Bertz CT molecular complexity index is 691. The van der Waals surface area contributed by atoms with Crippen LogP contribution in [0.2, 0.25) is 0 Å². The minimum Gasteiger partial charge on any atom is -0.462 e. The summed E-state index contributed by atoms with van der Waals surface area (Å²) in [6.07, 6.45) is 1.80. The molecule has 4 nitrogen and oxygen atoms in total. The zero-order valence-corrected chi connectivity index (χ0v) is 13.4. The molecule has 0 unspecified atom stereocenters. The van der Waals surface area contributed by atoms with E-state index >= 15 is 0 Å². The number of carbonyl (C=O) groups is 2. The third-order valence-corrected chi connectivity index (χ3v) is 3.30. The molecule has 0 aliphatic rings. The first-order valence-electron chi connectivity index (χ1n) is 7.73. The zero-order valence-electron chi connectivity index (χ0n) is 13.4. The highest BCUT2D eigenvalue weighted by atomic mass is 16.5. The summed E-state index contributed by atoms with van der Waals surface area (Å²) in [6.45, 7) is 4.10. The maximum Gasteiger partial charge on any atom is 0.343 e. The summed E-state index contributed by atoms with van der Waals surface area (Å²) in [5.74, 6) is -0.380. The lowest BCUT2D eigenvalue weighted by molar-refractivity contribution is 0.0526. The molecule has 0 saturated heterocycles. The molecule has 2 aromatic carbocycles. The molecule has 4 heteroatoms. The summed E-state index contributed by atoms with van der Waals surface area (Å²) in [5, 5.41) is 0. The van der Waals surface area contributed by atoms with Crippen LogP contribution in [0, 0.1) is 0 Å². The Hall–Kier alpha value is -2.62. The molecule has 0 aromatic heterocycles. The Balaban J connectivity index is 2.18. The lowest BCUT2D eigenvalue weighted by atomic mass is 10.1. The number of para-hydroxylation sites is 1. The average Bonchev–Trinajstić information content (AvgIpc) is 2.57. The maximum atomic E-state index is 12.3. The van der Waals surface area contributed by atoms with Crippen LogP contribution in [0.4, 0.5) is 0 Å². The van der Waals surface area contributed by atoms with Gasteiger partial charge in [0.25, 0.3) is 0 Å². The van der Waals surface area contributed by atoms with E-state index in [0.29, 0.717) is 16.9 Å². The number of hydrogen-bond acceptors (Lipinski definition) is 4. The van der Waals surface area contributed by atoms with Crippen molar-refractivity contribution in [3.63, 3.8) is 0 Å². The zero-order chi connectivity index (χ0) is 16.7. The number of esters is 2. The lowest BCUT2D eigenvalue weighted by Gasteiger charge is -2.10. The van der Waals surface area contributed by atoms with Crippen molar-refractivity contribution in [2.75, 3.05) is 6.61 Å². The van der Waals surface area contributed by atoms with Gasteiger partial charge in [-0.3, -0.25) is 0 Å². The lowest BCUT2D eigenvalue weighted by Crippen LogP contribution is -2.12. The fourth-order valence-electron chi connectivity index (χ4n) is 2.23. The summed E-state index contributed by atoms with van der Waals surface area (Å²) in [7, 11) is 0. The molecule has 0 bridgehead atoms. The van der Waals surface area contributed by atoms with Gasteiger partial charge >= 0.3 is 11.9 Å². The van der Waals surface area contributed by atoms with E-state index in [1.807, 2.05) is 18.2 Å². The molecule has 2 rings (SSSR count). The standard InChI is InChI=1S/C19H20O4/c1-3-8-14-9-5-6-12-17(14)23-19(21)16-11-7-10-15(13-16)18(20)22-4-2/h5-7,9-13H,3-4,8H2,1-2H3. The van der Waals surface area contributed by atoms with Crippen molar-refractivity contribution in [1.82, 2.24) is 0 Å². The number of aryl methyl sites for hydroxylation is 1. The molecule has 0 atom stereocenters. The predicted octanol–water partition coefficient (Wildman–Crippen LogP) is 4.04. The highest BCUT2D eigenvalue weighted by Gasteiger charge is 2.14. The number of ether oxygens (including phenoxy) is 2. The Morgan fingerprint density at radius 3 is 2.30 bits per heavy atom. The molecule has 0 aliphatic heterocycles. The molecule has 0 amide bonds. The van der Waals surface area contributed by atoms with Crippen molar-refractivity contribution >= 4 is 11.9 Å². The topological polar surface area (TPSA) is 52.6 Å². The van der Waals surface area contributed by atoms with Gasteiger partial charge in [-0.2, -0.15) is 0 Å². The van der Waals surface area contributed by atoms with E-state index < -0.39 is 11.9 Å². The van der Waals surface area contributed by atoms with Crippen LogP contribution in [0.25, 0.3) is 0 Å². The third kappa shape index (κ3) is 4.42. The molecular formula is C19H20O4. The van der Waals surface area contributed by atoms with Crippen LogP contribution in [0.15, 0.2) is 48.5 Å². The van der Waals surface area contributed by atoms with Gasteiger partial charge in [0, 0.05) is 0 Å². The molecule has 0 aliphatic carbocycles. The molecule has 2 aromatic rings. The van der Waals surface area contributed by atoms with E-state index in [1.165, 1.54) is 6.07 Å². The van der Waals surface area contributed by atoms with E-state index in [2.05, 4.69) is 6.92 Å². The third-order valence-electron chi connectivity index (χ3n) is 3.30. The monoisotopic (exact) mass is 312 g/mol. The first-order valence-corrected chi connectivity index (χ1v) is 7.73. The van der Waals surface area contributed by atoms with Crippen molar-refractivity contribution in [3.05, 3.63) is 65.2 Å². The average molecular weight is 312 g/mol. The van der Waals surface area contributed by atoms with Gasteiger partial charge in [0.1, 0.15) is 5.75 Å². The van der Waals surface area contributed by atoms with Gasteiger partial charge in [0.2, 0.25) is 0 Å². The van der Waals surface area contributed by atoms with Gasteiger partial charge in [-0.1, -0.05) is 37.6 Å². The Morgan fingerprint density at radius 2 is 1.61 bits per heavy atom. The summed E-state index contributed by atoms with van der Waals surface area (Å²) < 4.78 is 10.4.